The molecular weight excluding hydrogens is 286 g/mol. The van der Waals surface area contributed by atoms with Gasteiger partial charge in [0, 0.05) is 6.54 Å². The number of nitrogens with one attached hydrogen (secondary N) is 1. The fourth-order valence-corrected chi connectivity index (χ4v) is 4.17. The first-order chi connectivity index (χ1) is 9.56. The molecule has 0 fully saturated rings. The molecule has 1 aromatic carbocycles. The molecule has 0 spiro atoms. The van der Waals surface area contributed by atoms with E-state index in [4.69, 9.17) is 0 Å². The van der Waals surface area contributed by atoms with Crippen molar-refractivity contribution in [1.29, 1.82) is 0 Å². The van der Waals surface area contributed by atoms with Crippen LogP contribution in [0.25, 0.3) is 0 Å². The lowest BCUT2D eigenvalue weighted by molar-refractivity contribution is 0.152. The second-order valence-electron chi connectivity index (χ2n) is 6.22. The van der Waals surface area contributed by atoms with E-state index in [-0.39, 0.29) is 6.54 Å². The molecule has 1 atom stereocenters. The van der Waals surface area contributed by atoms with Gasteiger partial charge >= 0.3 is 0 Å². The number of aryl methyl sites for hydroxylation is 2. The van der Waals surface area contributed by atoms with Gasteiger partial charge in [-0.15, -0.1) is 0 Å². The molecule has 120 valence electrons. The molecule has 0 aliphatic heterocycles. The van der Waals surface area contributed by atoms with Gasteiger partial charge in [-0.05, 0) is 62.3 Å². The van der Waals surface area contributed by atoms with Crippen LogP contribution < -0.4 is 4.72 Å². The molecule has 0 heterocycles. The molecule has 21 heavy (non-hydrogen) atoms. The van der Waals surface area contributed by atoms with Gasteiger partial charge in [0.15, 0.2) is 0 Å². The molecule has 0 aliphatic carbocycles. The average Bonchev–Trinajstić information content (AvgIpc) is 2.33. The Balaban J connectivity index is 3.04. The summed E-state index contributed by atoms with van der Waals surface area (Å²) in [7, 11) is -3.61. The molecule has 0 aliphatic rings. The molecule has 0 amide bonds. The van der Waals surface area contributed by atoms with Gasteiger partial charge in [-0.1, -0.05) is 19.9 Å². The van der Waals surface area contributed by atoms with Gasteiger partial charge in [-0.2, -0.15) is 0 Å². The fraction of sp³-hybridized carbons (Fsp3) is 0.625. The summed E-state index contributed by atoms with van der Waals surface area (Å²) in [5.41, 5.74) is 3.45. The van der Waals surface area contributed by atoms with Crippen LogP contribution in [0.2, 0.25) is 0 Å². The normalized spacial score (nSPS) is 13.7. The van der Waals surface area contributed by atoms with Crippen molar-refractivity contribution in [2.24, 2.45) is 5.92 Å². The second kappa shape index (κ2) is 6.90. The summed E-state index contributed by atoms with van der Waals surface area (Å²) in [4.78, 5) is 0.344. The minimum absolute atomic E-state index is 0.0480. The van der Waals surface area contributed by atoms with Gasteiger partial charge in [-0.3, -0.25) is 0 Å². The van der Waals surface area contributed by atoms with E-state index in [1.807, 2.05) is 47.6 Å². The Morgan fingerprint density at radius 2 is 1.57 bits per heavy atom. The highest BCUT2D eigenvalue weighted by Crippen LogP contribution is 2.25. The third-order valence-electron chi connectivity index (χ3n) is 3.82. The summed E-state index contributed by atoms with van der Waals surface area (Å²) in [5, 5.41) is 9.85. The number of sulfonamides is 1. The van der Waals surface area contributed by atoms with Crippen LogP contribution >= 0.6 is 0 Å². The number of aliphatic hydroxyl groups excluding tert-OH is 1. The predicted octanol–water partition coefficient (Wildman–Crippen LogP) is 2.61. The molecule has 0 radical (unpaired) electrons. The first-order valence-corrected chi connectivity index (χ1v) is 8.79. The third-order valence-corrected chi connectivity index (χ3v) is 5.51. The lowest BCUT2D eigenvalue weighted by Crippen LogP contribution is -2.33. The van der Waals surface area contributed by atoms with Gasteiger partial charge in [0.2, 0.25) is 10.0 Å². The van der Waals surface area contributed by atoms with Gasteiger partial charge in [0.25, 0.3) is 0 Å². The number of benzene rings is 1. The van der Waals surface area contributed by atoms with Crippen LogP contribution in [0.15, 0.2) is 11.0 Å². The van der Waals surface area contributed by atoms with Gasteiger partial charge in [0.1, 0.15) is 0 Å². The zero-order chi connectivity index (χ0) is 16.4. The summed E-state index contributed by atoms with van der Waals surface area (Å²) in [6.45, 7) is 11.5. The van der Waals surface area contributed by atoms with E-state index in [1.165, 1.54) is 0 Å². The van der Waals surface area contributed by atoms with Crippen LogP contribution in [0.1, 0.15) is 42.5 Å². The van der Waals surface area contributed by atoms with Crippen molar-refractivity contribution in [3.05, 3.63) is 28.3 Å². The van der Waals surface area contributed by atoms with Crippen molar-refractivity contribution in [3.63, 3.8) is 0 Å². The Labute approximate surface area is 128 Å². The van der Waals surface area contributed by atoms with E-state index >= 15 is 0 Å². The molecule has 0 saturated heterocycles. The van der Waals surface area contributed by atoms with E-state index in [0.717, 1.165) is 22.3 Å². The SMILES string of the molecule is Cc1cc(C)c(C)c(S(=O)(=O)NCC(O)CC(C)C)c1C. The van der Waals surface area contributed by atoms with Gasteiger partial charge in [0.05, 0.1) is 11.0 Å². The number of aliphatic hydroxyl groups is 1. The topological polar surface area (TPSA) is 66.4 Å². The zero-order valence-corrected chi connectivity index (χ0v) is 14.6. The van der Waals surface area contributed by atoms with Crippen molar-refractivity contribution in [2.45, 2.75) is 59.0 Å². The standard InChI is InChI=1S/C16H27NO3S/c1-10(2)7-15(18)9-17-21(19,20)16-13(5)11(3)8-12(4)14(16)6/h8,10,15,17-18H,7,9H2,1-6H3. The fourth-order valence-electron chi connectivity index (χ4n) is 2.49. The monoisotopic (exact) mass is 313 g/mol. The highest BCUT2D eigenvalue weighted by atomic mass is 32.2. The zero-order valence-electron chi connectivity index (χ0n) is 13.8. The maximum absolute atomic E-state index is 12.5. The molecule has 1 aromatic rings. The highest BCUT2D eigenvalue weighted by molar-refractivity contribution is 7.89. The minimum Gasteiger partial charge on any atom is -0.392 e. The third kappa shape index (κ3) is 4.53. The predicted molar refractivity (Wildman–Crippen MR) is 86.0 cm³/mol. The van der Waals surface area contributed by atoms with E-state index in [1.54, 1.807) is 0 Å². The molecule has 0 bridgehead atoms. The number of rotatable bonds is 6. The second-order valence-corrected chi connectivity index (χ2v) is 7.93. The first-order valence-electron chi connectivity index (χ1n) is 7.31. The molecule has 2 N–H and O–H groups in total. The van der Waals surface area contributed by atoms with Crippen LogP contribution in [0, 0.1) is 33.6 Å². The first kappa shape index (κ1) is 18.1. The molecule has 4 nitrogen and oxygen atoms in total. The molecule has 5 heteroatoms. The van der Waals surface area contributed by atoms with Crippen molar-refractivity contribution < 1.29 is 13.5 Å². The Bertz CT molecular complexity index is 580. The Kier molecular flexibility index (Phi) is 5.96. The van der Waals surface area contributed by atoms with E-state index in [0.29, 0.717) is 17.2 Å². The molecular formula is C16H27NO3S. The Morgan fingerprint density at radius 1 is 1.10 bits per heavy atom. The maximum Gasteiger partial charge on any atom is 0.241 e. The molecule has 1 rings (SSSR count). The Hall–Kier alpha value is -0.910. The average molecular weight is 313 g/mol. The summed E-state index contributed by atoms with van der Waals surface area (Å²) < 4.78 is 27.6. The smallest absolute Gasteiger partial charge is 0.241 e. The van der Waals surface area contributed by atoms with Crippen LogP contribution in [0.4, 0.5) is 0 Å². The highest BCUT2D eigenvalue weighted by Gasteiger charge is 2.22. The molecule has 0 saturated carbocycles. The largest absolute Gasteiger partial charge is 0.392 e. The number of hydrogen-bond acceptors (Lipinski definition) is 3. The summed E-state index contributed by atoms with van der Waals surface area (Å²) in [6.07, 6.45) is -0.0841. The van der Waals surface area contributed by atoms with Crippen LogP contribution in [-0.4, -0.2) is 26.2 Å². The van der Waals surface area contributed by atoms with E-state index in [9.17, 15) is 13.5 Å². The van der Waals surface area contributed by atoms with Crippen LogP contribution in [0.5, 0.6) is 0 Å². The lowest BCUT2D eigenvalue weighted by Gasteiger charge is -2.18. The lowest BCUT2D eigenvalue weighted by atomic mass is 10.0. The minimum atomic E-state index is -3.61. The summed E-state index contributed by atoms with van der Waals surface area (Å²) in [6, 6.07) is 2.00. The molecule has 0 aromatic heterocycles. The molecule has 1 unspecified atom stereocenters. The Morgan fingerprint density at radius 3 is 2.00 bits per heavy atom. The van der Waals surface area contributed by atoms with E-state index < -0.39 is 16.1 Å². The van der Waals surface area contributed by atoms with Crippen molar-refractivity contribution in [2.75, 3.05) is 6.54 Å². The van der Waals surface area contributed by atoms with E-state index in [2.05, 4.69) is 4.72 Å². The van der Waals surface area contributed by atoms with Gasteiger partial charge in [-0.25, -0.2) is 13.1 Å². The summed E-state index contributed by atoms with van der Waals surface area (Å²) in [5.74, 6) is 0.328. The maximum atomic E-state index is 12.5. The van der Waals surface area contributed by atoms with Crippen molar-refractivity contribution >= 4 is 10.0 Å². The number of hydrogen-bond donors (Lipinski definition) is 2. The van der Waals surface area contributed by atoms with Gasteiger partial charge < -0.3 is 5.11 Å². The van der Waals surface area contributed by atoms with Crippen LogP contribution in [0.3, 0.4) is 0 Å². The van der Waals surface area contributed by atoms with Crippen molar-refractivity contribution in [1.82, 2.24) is 4.72 Å². The quantitative estimate of drug-likeness (QED) is 0.848. The van der Waals surface area contributed by atoms with Crippen LogP contribution in [-0.2, 0) is 10.0 Å². The van der Waals surface area contributed by atoms with Crippen molar-refractivity contribution in [3.8, 4) is 0 Å². The summed E-state index contributed by atoms with van der Waals surface area (Å²) >= 11 is 0.